The quantitative estimate of drug-likeness (QED) is 0.410. The maximum absolute atomic E-state index is 6.03. The Morgan fingerprint density at radius 2 is 2.03 bits per heavy atom. The topological polar surface area (TPSA) is 86.1 Å². The van der Waals surface area contributed by atoms with Gasteiger partial charge in [-0.2, -0.15) is 0 Å². The van der Waals surface area contributed by atoms with Gasteiger partial charge >= 0.3 is 0 Å². The van der Waals surface area contributed by atoms with Crippen LogP contribution in [0.4, 0.5) is 0 Å². The highest BCUT2D eigenvalue weighted by atomic mass is 35.5. The molecular weight excluding hydrogens is 412 g/mol. The van der Waals surface area contributed by atoms with Crippen LogP contribution in [0.2, 0.25) is 5.02 Å². The van der Waals surface area contributed by atoms with Crippen LogP contribution in [0, 0.1) is 0 Å². The van der Waals surface area contributed by atoms with Gasteiger partial charge in [-0.05, 0) is 24.3 Å². The number of halogens is 1. The van der Waals surface area contributed by atoms with Crippen LogP contribution in [0.5, 0.6) is 11.5 Å². The Balaban J connectivity index is 1.45. The summed E-state index contributed by atoms with van der Waals surface area (Å²) < 4.78 is 16.5. The van der Waals surface area contributed by atoms with E-state index < -0.39 is 0 Å². The van der Waals surface area contributed by atoms with Gasteiger partial charge < -0.3 is 13.9 Å². The number of oxazole rings is 1. The van der Waals surface area contributed by atoms with Crippen LogP contribution < -0.4 is 9.47 Å². The highest BCUT2D eigenvalue weighted by Gasteiger charge is 2.14. The van der Waals surface area contributed by atoms with Gasteiger partial charge in [-0.25, -0.2) is 9.97 Å². The minimum absolute atomic E-state index is 0.498. The molecule has 7 nitrogen and oxygen atoms in total. The van der Waals surface area contributed by atoms with Gasteiger partial charge in [0.1, 0.15) is 11.5 Å². The lowest BCUT2D eigenvalue weighted by atomic mass is 10.2. The molecule has 0 bridgehead atoms. The zero-order valence-electron chi connectivity index (χ0n) is 15.7. The number of hydrogen-bond acceptors (Lipinski definition) is 7. The normalized spacial score (nSPS) is 10.9. The van der Waals surface area contributed by atoms with Crippen molar-refractivity contribution in [3.05, 3.63) is 59.6 Å². The summed E-state index contributed by atoms with van der Waals surface area (Å²) in [5, 5.41) is 8.43. The number of H-pyrrole nitrogens is 1. The zero-order valence-corrected chi connectivity index (χ0v) is 17.3. The molecule has 9 heteroatoms. The van der Waals surface area contributed by atoms with Gasteiger partial charge in [-0.15, -0.1) is 5.10 Å². The van der Waals surface area contributed by atoms with E-state index in [1.54, 1.807) is 26.5 Å². The number of hydrogen-bond donors (Lipinski definition) is 1. The molecular formula is C20H17ClN4O3S. The first-order valence-electron chi connectivity index (χ1n) is 8.64. The summed E-state index contributed by atoms with van der Waals surface area (Å²) in [4.78, 5) is 8.84. The molecule has 0 saturated carbocycles. The Labute approximate surface area is 176 Å². The second-order valence-electron chi connectivity index (χ2n) is 5.95. The monoisotopic (exact) mass is 428 g/mol. The number of methoxy groups -OCH3 is 2. The number of nitrogens with zero attached hydrogens (tertiary/aromatic N) is 3. The molecule has 2 aromatic carbocycles. The summed E-state index contributed by atoms with van der Waals surface area (Å²) in [6.07, 6.45) is 1.69. The minimum atomic E-state index is 0.498. The molecule has 0 unspecified atom stereocenters. The van der Waals surface area contributed by atoms with Crippen molar-refractivity contribution in [3.8, 4) is 34.2 Å². The molecule has 29 heavy (non-hydrogen) atoms. The van der Waals surface area contributed by atoms with Crippen molar-refractivity contribution in [1.29, 1.82) is 0 Å². The van der Waals surface area contributed by atoms with Crippen molar-refractivity contribution in [2.45, 2.75) is 10.9 Å². The maximum atomic E-state index is 6.03. The van der Waals surface area contributed by atoms with Crippen LogP contribution in [0.1, 0.15) is 5.89 Å². The molecule has 0 fully saturated rings. The van der Waals surface area contributed by atoms with Crippen molar-refractivity contribution in [2.75, 3.05) is 14.2 Å². The maximum Gasteiger partial charge on any atom is 0.209 e. The zero-order chi connectivity index (χ0) is 20.2. The number of thioether (sulfide) groups is 1. The second kappa shape index (κ2) is 8.59. The van der Waals surface area contributed by atoms with E-state index in [0.717, 1.165) is 11.1 Å². The summed E-state index contributed by atoms with van der Waals surface area (Å²) in [5.74, 6) is 3.71. The summed E-state index contributed by atoms with van der Waals surface area (Å²) in [6, 6.07) is 13.0. The Kier molecular flexibility index (Phi) is 5.73. The van der Waals surface area contributed by atoms with Gasteiger partial charge in [0.25, 0.3) is 0 Å². The number of ether oxygens (including phenoxy) is 2. The van der Waals surface area contributed by atoms with E-state index in [4.69, 9.17) is 25.5 Å². The first-order chi connectivity index (χ1) is 14.2. The highest BCUT2D eigenvalue weighted by Crippen LogP contribution is 2.32. The summed E-state index contributed by atoms with van der Waals surface area (Å²) >= 11 is 7.45. The van der Waals surface area contributed by atoms with Gasteiger partial charge in [0.2, 0.25) is 11.0 Å². The van der Waals surface area contributed by atoms with E-state index in [0.29, 0.717) is 44.9 Å². The van der Waals surface area contributed by atoms with Gasteiger partial charge in [0, 0.05) is 16.7 Å². The number of benzene rings is 2. The van der Waals surface area contributed by atoms with Crippen molar-refractivity contribution in [3.63, 3.8) is 0 Å². The predicted molar refractivity (Wildman–Crippen MR) is 111 cm³/mol. The van der Waals surface area contributed by atoms with Crippen molar-refractivity contribution < 1.29 is 13.9 Å². The lowest BCUT2D eigenvalue weighted by Gasteiger charge is -2.07. The van der Waals surface area contributed by atoms with Gasteiger partial charge in [0.05, 0.1) is 31.7 Å². The van der Waals surface area contributed by atoms with Gasteiger partial charge in [-0.1, -0.05) is 35.5 Å². The van der Waals surface area contributed by atoms with E-state index in [1.165, 1.54) is 11.8 Å². The number of aromatic amines is 1. The molecule has 4 rings (SSSR count). The third-order valence-electron chi connectivity index (χ3n) is 4.12. The molecule has 0 saturated heterocycles. The fraction of sp³-hybridized carbons (Fsp3) is 0.150. The fourth-order valence-corrected chi connectivity index (χ4v) is 3.55. The first kappa shape index (κ1) is 19.4. The predicted octanol–water partition coefficient (Wildman–Crippen LogP) is 5.09. The van der Waals surface area contributed by atoms with Crippen LogP contribution in [0.25, 0.3) is 22.7 Å². The van der Waals surface area contributed by atoms with Gasteiger partial charge in [-0.3, -0.25) is 5.10 Å². The molecule has 0 aliphatic heterocycles. The standard InChI is InChI=1S/C20H17ClN4O3S/c1-26-14-6-7-15(16(9-14)27-2)19-23-20(25-24-19)29-11-18-22-10-17(28-18)12-4-3-5-13(21)8-12/h3-10H,11H2,1-2H3,(H,23,24,25). The van der Waals surface area contributed by atoms with Gasteiger partial charge in [0.15, 0.2) is 11.6 Å². The molecule has 1 N–H and O–H groups in total. The summed E-state index contributed by atoms with van der Waals surface area (Å²) in [6.45, 7) is 0. The van der Waals surface area contributed by atoms with Crippen molar-refractivity contribution >= 4 is 23.4 Å². The lowest BCUT2D eigenvalue weighted by Crippen LogP contribution is -1.91. The molecule has 2 heterocycles. The number of aromatic nitrogens is 4. The van der Waals surface area contributed by atoms with E-state index >= 15 is 0 Å². The molecule has 0 amide bonds. The molecule has 0 spiro atoms. The Hall–Kier alpha value is -2.97. The lowest BCUT2D eigenvalue weighted by molar-refractivity contribution is 0.395. The molecule has 0 aliphatic carbocycles. The van der Waals surface area contributed by atoms with Crippen molar-refractivity contribution in [2.24, 2.45) is 0 Å². The first-order valence-corrected chi connectivity index (χ1v) is 10.0. The van der Waals surface area contributed by atoms with E-state index in [1.807, 2.05) is 36.4 Å². The number of rotatable bonds is 7. The third kappa shape index (κ3) is 4.38. The second-order valence-corrected chi connectivity index (χ2v) is 7.33. The van der Waals surface area contributed by atoms with Crippen molar-refractivity contribution in [1.82, 2.24) is 20.2 Å². The molecule has 0 radical (unpaired) electrons. The van der Waals surface area contributed by atoms with E-state index in [9.17, 15) is 0 Å². The summed E-state index contributed by atoms with van der Waals surface area (Å²) in [7, 11) is 3.21. The Bertz CT molecular complexity index is 1130. The smallest absolute Gasteiger partial charge is 0.209 e. The van der Waals surface area contributed by atoms with Crippen LogP contribution in [0.3, 0.4) is 0 Å². The largest absolute Gasteiger partial charge is 0.497 e. The average molecular weight is 429 g/mol. The van der Waals surface area contributed by atoms with E-state index in [2.05, 4.69) is 20.2 Å². The molecule has 4 aromatic rings. The molecule has 2 aromatic heterocycles. The average Bonchev–Trinajstić information content (AvgIpc) is 3.41. The van der Waals surface area contributed by atoms with Crippen LogP contribution in [-0.4, -0.2) is 34.4 Å². The third-order valence-corrected chi connectivity index (χ3v) is 5.18. The van der Waals surface area contributed by atoms with Crippen LogP contribution in [-0.2, 0) is 5.75 Å². The van der Waals surface area contributed by atoms with Crippen LogP contribution >= 0.6 is 23.4 Å². The summed E-state index contributed by atoms with van der Waals surface area (Å²) in [5.41, 5.74) is 1.68. The Morgan fingerprint density at radius 1 is 1.14 bits per heavy atom. The van der Waals surface area contributed by atoms with E-state index in [-0.39, 0.29) is 0 Å². The minimum Gasteiger partial charge on any atom is -0.497 e. The highest BCUT2D eigenvalue weighted by molar-refractivity contribution is 7.98. The van der Waals surface area contributed by atoms with Crippen LogP contribution in [0.15, 0.2) is 58.2 Å². The Morgan fingerprint density at radius 3 is 2.83 bits per heavy atom. The SMILES string of the molecule is COc1ccc(-c2nc(SCc3ncc(-c4cccc(Cl)c4)o3)n[nH]2)c(OC)c1. The molecule has 0 atom stereocenters. The molecule has 0 aliphatic rings. The molecule has 148 valence electrons. The number of nitrogens with one attached hydrogen (secondary N) is 1. The fourth-order valence-electron chi connectivity index (χ4n) is 2.70.